The monoisotopic (exact) mass is 299 g/mol. The van der Waals surface area contributed by atoms with E-state index in [4.69, 9.17) is 0 Å². The van der Waals surface area contributed by atoms with Gasteiger partial charge in [-0.15, -0.1) is 0 Å². The Hall–Kier alpha value is -1.51. The van der Waals surface area contributed by atoms with Crippen LogP contribution in [0.4, 0.5) is 5.69 Å². The molecule has 1 heterocycles. The van der Waals surface area contributed by atoms with Gasteiger partial charge in [-0.05, 0) is 31.5 Å². The van der Waals surface area contributed by atoms with E-state index >= 15 is 0 Å². The largest absolute Gasteiger partial charge is 0.315 e. The molecule has 1 aromatic rings. The Morgan fingerprint density at radius 2 is 2.00 bits per heavy atom. The maximum atomic E-state index is 12.4. The smallest absolute Gasteiger partial charge is 0.269 e. The zero-order chi connectivity index (χ0) is 14.8. The number of nitro benzene ring substituents is 1. The Bertz CT molecular complexity index is 579. The van der Waals surface area contributed by atoms with E-state index in [0.29, 0.717) is 6.54 Å². The van der Waals surface area contributed by atoms with Gasteiger partial charge in [-0.3, -0.25) is 10.1 Å². The third kappa shape index (κ3) is 2.97. The molecule has 0 saturated carbocycles. The van der Waals surface area contributed by atoms with Crippen LogP contribution < -0.4 is 5.32 Å². The first-order valence-corrected chi connectivity index (χ1v) is 7.80. The van der Waals surface area contributed by atoms with Crippen molar-refractivity contribution >= 4 is 15.7 Å². The van der Waals surface area contributed by atoms with Crippen LogP contribution in [0, 0.1) is 10.1 Å². The molecule has 0 spiro atoms. The molecular weight excluding hydrogens is 282 g/mol. The molecule has 2 rings (SSSR count). The molecule has 0 bridgehead atoms. The summed E-state index contributed by atoms with van der Waals surface area (Å²) in [5.41, 5.74) is -0.120. The van der Waals surface area contributed by atoms with Crippen molar-refractivity contribution < 1.29 is 13.3 Å². The van der Waals surface area contributed by atoms with Crippen molar-refractivity contribution in [2.24, 2.45) is 0 Å². The average molecular weight is 299 g/mol. The molecule has 110 valence electrons. The molecule has 8 heteroatoms. The van der Waals surface area contributed by atoms with Crippen LogP contribution in [0.1, 0.15) is 12.8 Å². The van der Waals surface area contributed by atoms with E-state index in [9.17, 15) is 18.5 Å². The van der Waals surface area contributed by atoms with E-state index < -0.39 is 14.9 Å². The van der Waals surface area contributed by atoms with E-state index in [-0.39, 0.29) is 16.6 Å². The van der Waals surface area contributed by atoms with Gasteiger partial charge in [0, 0.05) is 31.8 Å². The first-order chi connectivity index (χ1) is 9.43. The van der Waals surface area contributed by atoms with Crippen molar-refractivity contribution in [1.29, 1.82) is 0 Å². The van der Waals surface area contributed by atoms with Crippen LogP contribution in [0.5, 0.6) is 0 Å². The van der Waals surface area contributed by atoms with E-state index in [1.54, 1.807) is 7.05 Å². The lowest BCUT2D eigenvalue weighted by Crippen LogP contribution is -2.46. The molecule has 1 saturated heterocycles. The maximum absolute atomic E-state index is 12.4. The predicted octanol–water partition coefficient (Wildman–Crippen LogP) is 0.967. The number of rotatable bonds is 4. The second-order valence-electron chi connectivity index (χ2n) is 4.77. The molecule has 1 aliphatic heterocycles. The second-order valence-corrected chi connectivity index (χ2v) is 6.77. The summed E-state index contributed by atoms with van der Waals surface area (Å²) in [6, 6.07) is 4.89. The Morgan fingerprint density at radius 3 is 2.50 bits per heavy atom. The molecule has 20 heavy (non-hydrogen) atoms. The minimum Gasteiger partial charge on any atom is -0.315 e. The molecule has 7 nitrogen and oxygen atoms in total. The number of nitrogens with one attached hydrogen (secondary N) is 1. The van der Waals surface area contributed by atoms with Crippen molar-refractivity contribution in [2.45, 2.75) is 23.8 Å². The highest BCUT2D eigenvalue weighted by atomic mass is 32.2. The number of nitrogens with zero attached hydrogens (tertiary/aromatic N) is 2. The molecule has 0 aliphatic carbocycles. The van der Waals surface area contributed by atoms with Gasteiger partial charge in [0.25, 0.3) is 5.69 Å². The highest BCUT2D eigenvalue weighted by Gasteiger charge is 2.29. The third-order valence-electron chi connectivity index (χ3n) is 3.51. The van der Waals surface area contributed by atoms with E-state index in [1.807, 2.05) is 0 Å². The Morgan fingerprint density at radius 1 is 1.35 bits per heavy atom. The van der Waals surface area contributed by atoms with Gasteiger partial charge in [-0.1, -0.05) is 0 Å². The van der Waals surface area contributed by atoms with Gasteiger partial charge >= 0.3 is 0 Å². The van der Waals surface area contributed by atoms with Crippen LogP contribution in [-0.4, -0.2) is 43.8 Å². The van der Waals surface area contributed by atoms with Crippen LogP contribution in [0.2, 0.25) is 0 Å². The molecule has 1 aromatic carbocycles. The minimum absolute atomic E-state index is 0.0797. The predicted molar refractivity (Wildman–Crippen MR) is 73.9 cm³/mol. The standard InChI is InChI=1S/C12H17N3O4S/c1-14(11-3-2-8-13-9-11)20(18,19)12-6-4-10(5-7-12)15(16)17/h4-7,11,13H,2-3,8-9H2,1H3/t11-/m0/s1. The molecule has 1 aliphatic rings. The Labute approximate surface area is 117 Å². The summed E-state index contributed by atoms with van der Waals surface area (Å²) in [5, 5.41) is 13.7. The van der Waals surface area contributed by atoms with Crippen LogP contribution in [0.15, 0.2) is 29.2 Å². The van der Waals surface area contributed by atoms with Crippen LogP contribution in [0.25, 0.3) is 0 Å². The summed E-state index contributed by atoms with van der Waals surface area (Å²) in [6.07, 6.45) is 1.75. The van der Waals surface area contributed by atoms with Crippen molar-refractivity contribution in [3.05, 3.63) is 34.4 Å². The van der Waals surface area contributed by atoms with Gasteiger partial charge in [0.05, 0.1) is 9.82 Å². The van der Waals surface area contributed by atoms with E-state index in [1.165, 1.54) is 28.6 Å². The highest BCUT2D eigenvalue weighted by Crippen LogP contribution is 2.22. The second kappa shape index (κ2) is 5.86. The summed E-state index contributed by atoms with van der Waals surface area (Å²) in [5.74, 6) is 0. The van der Waals surface area contributed by atoms with Gasteiger partial charge in [0.2, 0.25) is 10.0 Å². The fourth-order valence-electron chi connectivity index (χ4n) is 2.25. The summed E-state index contributed by atoms with van der Waals surface area (Å²) < 4.78 is 26.2. The lowest BCUT2D eigenvalue weighted by atomic mass is 10.1. The SMILES string of the molecule is CN([C@H]1CCCNC1)S(=O)(=O)c1ccc([N+](=O)[O-])cc1. The molecule has 1 N–H and O–H groups in total. The van der Waals surface area contributed by atoms with Crippen LogP contribution in [-0.2, 0) is 10.0 Å². The third-order valence-corrected chi connectivity index (χ3v) is 5.43. The first-order valence-electron chi connectivity index (χ1n) is 6.36. The zero-order valence-electron chi connectivity index (χ0n) is 11.2. The van der Waals surface area contributed by atoms with E-state index in [0.717, 1.165) is 19.4 Å². The van der Waals surface area contributed by atoms with Crippen molar-refractivity contribution in [1.82, 2.24) is 9.62 Å². The number of hydrogen-bond donors (Lipinski definition) is 1. The number of likely N-dealkylation sites (N-methyl/N-ethyl adjacent to an activating group) is 1. The summed E-state index contributed by atoms with van der Waals surface area (Å²) >= 11 is 0. The van der Waals surface area contributed by atoms with Gasteiger partial charge in [0.15, 0.2) is 0 Å². The van der Waals surface area contributed by atoms with Crippen molar-refractivity contribution in [3.63, 3.8) is 0 Å². The van der Waals surface area contributed by atoms with Gasteiger partial charge in [0.1, 0.15) is 0 Å². The van der Waals surface area contributed by atoms with Crippen LogP contribution in [0.3, 0.4) is 0 Å². The fraction of sp³-hybridized carbons (Fsp3) is 0.500. The number of benzene rings is 1. The topological polar surface area (TPSA) is 92.6 Å². The lowest BCUT2D eigenvalue weighted by molar-refractivity contribution is -0.384. The van der Waals surface area contributed by atoms with E-state index in [2.05, 4.69) is 5.32 Å². The molecule has 0 radical (unpaired) electrons. The Kier molecular flexibility index (Phi) is 4.36. The normalized spacial score (nSPS) is 20.0. The van der Waals surface area contributed by atoms with Crippen LogP contribution >= 0.6 is 0 Å². The van der Waals surface area contributed by atoms with Gasteiger partial charge in [-0.2, -0.15) is 4.31 Å². The molecule has 0 amide bonds. The number of sulfonamides is 1. The Balaban J connectivity index is 2.22. The summed E-state index contributed by atoms with van der Waals surface area (Å²) in [4.78, 5) is 10.1. The zero-order valence-corrected chi connectivity index (χ0v) is 12.0. The molecule has 1 fully saturated rings. The molecule has 1 atom stereocenters. The summed E-state index contributed by atoms with van der Waals surface area (Å²) in [6.45, 7) is 1.53. The number of non-ortho nitro benzene ring substituents is 1. The highest BCUT2D eigenvalue weighted by molar-refractivity contribution is 7.89. The first kappa shape index (κ1) is 14.9. The fourth-order valence-corrected chi connectivity index (χ4v) is 3.63. The van der Waals surface area contributed by atoms with Gasteiger partial charge < -0.3 is 5.32 Å². The number of piperidine rings is 1. The molecule has 0 unspecified atom stereocenters. The average Bonchev–Trinajstić information content (AvgIpc) is 2.47. The number of hydrogen-bond acceptors (Lipinski definition) is 5. The van der Waals surface area contributed by atoms with Crippen molar-refractivity contribution in [3.8, 4) is 0 Å². The summed E-state index contributed by atoms with van der Waals surface area (Å²) in [7, 11) is -2.06. The molecular formula is C12H17N3O4S. The lowest BCUT2D eigenvalue weighted by Gasteiger charge is -2.30. The quantitative estimate of drug-likeness (QED) is 0.660. The maximum Gasteiger partial charge on any atom is 0.269 e. The van der Waals surface area contributed by atoms with Gasteiger partial charge in [-0.25, -0.2) is 8.42 Å². The number of nitro groups is 1. The van der Waals surface area contributed by atoms with Crippen molar-refractivity contribution in [2.75, 3.05) is 20.1 Å². The minimum atomic E-state index is -3.61. The molecule has 0 aromatic heterocycles.